The Labute approximate surface area is 159 Å². The molecule has 1 amide bonds. The van der Waals surface area contributed by atoms with Gasteiger partial charge in [-0.2, -0.15) is 10.2 Å². The fourth-order valence-corrected chi connectivity index (χ4v) is 2.46. The standard InChI is InChI=1S/C18H14Cl2N4O2/c1-26-13-5-2-11(3-6-13)10-21-24-18(25)17-9-16(22-23-17)12-4-7-14(19)15(20)8-12/h2-10H,1H3,(H,22,23)(H,24,25)/b21-10-. The molecule has 3 aromatic rings. The van der Waals surface area contributed by atoms with Gasteiger partial charge in [0.1, 0.15) is 11.4 Å². The highest BCUT2D eigenvalue weighted by molar-refractivity contribution is 6.42. The lowest BCUT2D eigenvalue weighted by atomic mass is 10.1. The third-order valence-electron chi connectivity index (χ3n) is 3.53. The molecule has 2 N–H and O–H groups in total. The maximum atomic E-state index is 12.1. The van der Waals surface area contributed by atoms with Crippen molar-refractivity contribution in [2.24, 2.45) is 5.10 Å². The van der Waals surface area contributed by atoms with Crippen molar-refractivity contribution in [1.82, 2.24) is 15.6 Å². The number of hydrazone groups is 1. The number of nitrogens with zero attached hydrogens (tertiary/aromatic N) is 2. The van der Waals surface area contributed by atoms with Gasteiger partial charge < -0.3 is 4.74 Å². The molecule has 3 rings (SSSR count). The molecule has 0 fully saturated rings. The van der Waals surface area contributed by atoms with Gasteiger partial charge in [0.2, 0.25) is 0 Å². The number of methoxy groups -OCH3 is 1. The number of aromatic nitrogens is 2. The van der Waals surface area contributed by atoms with Crippen LogP contribution < -0.4 is 10.2 Å². The first kappa shape index (κ1) is 18.0. The van der Waals surface area contributed by atoms with E-state index >= 15 is 0 Å². The fourth-order valence-electron chi connectivity index (χ4n) is 2.16. The van der Waals surface area contributed by atoms with Crippen LogP contribution in [0.1, 0.15) is 16.1 Å². The molecule has 2 aromatic carbocycles. The molecule has 132 valence electrons. The summed E-state index contributed by atoms with van der Waals surface area (Å²) in [7, 11) is 1.60. The maximum Gasteiger partial charge on any atom is 0.289 e. The van der Waals surface area contributed by atoms with Crippen LogP contribution >= 0.6 is 23.2 Å². The predicted octanol–water partition coefficient (Wildman–Crippen LogP) is 4.16. The molecule has 0 aliphatic carbocycles. The van der Waals surface area contributed by atoms with Crippen LogP contribution in [0.3, 0.4) is 0 Å². The number of amides is 1. The first-order valence-electron chi connectivity index (χ1n) is 7.55. The number of nitrogens with one attached hydrogen (secondary N) is 2. The summed E-state index contributed by atoms with van der Waals surface area (Å²) in [6.07, 6.45) is 1.54. The van der Waals surface area contributed by atoms with E-state index in [1.54, 1.807) is 31.4 Å². The highest BCUT2D eigenvalue weighted by Gasteiger charge is 2.11. The fraction of sp³-hybridized carbons (Fsp3) is 0.0556. The SMILES string of the molecule is COc1ccc(/C=N\NC(=O)c2cc(-c3ccc(Cl)c(Cl)c3)n[nH]2)cc1. The summed E-state index contributed by atoms with van der Waals surface area (Å²) >= 11 is 11.9. The van der Waals surface area contributed by atoms with E-state index in [-0.39, 0.29) is 5.69 Å². The third kappa shape index (κ3) is 4.22. The van der Waals surface area contributed by atoms with Crippen molar-refractivity contribution >= 4 is 35.3 Å². The first-order chi connectivity index (χ1) is 12.6. The van der Waals surface area contributed by atoms with Gasteiger partial charge >= 0.3 is 0 Å². The number of halogens is 2. The van der Waals surface area contributed by atoms with E-state index in [2.05, 4.69) is 20.7 Å². The van der Waals surface area contributed by atoms with E-state index in [1.165, 1.54) is 6.21 Å². The van der Waals surface area contributed by atoms with Crippen LogP contribution in [-0.2, 0) is 0 Å². The maximum absolute atomic E-state index is 12.1. The second-order valence-electron chi connectivity index (χ2n) is 5.27. The van der Waals surface area contributed by atoms with Gasteiger partial charge in [0.05, 0.1) is 29.1 Å². The van der Waals surface area contributed by atoms with Crippen molar-refractivity contribution in [3.05, 3.63) is 69.8 Å². The smallest absolute Gasteiger partial charge is 0.289 e. The Morgan fingerprint density at radius 3 is 2.62 bits per heavy atom. The normalized spacial score (nSPS) is 10.9. The van der Waals surface area contributed by atoms with Crippen LogP contribution in [0, 0.1) is 0 Å². The lowest BCUT2D eigenvalue weighted by Gasteiger charge is -1.99. The summed E-state index contributed by atoms with van der Waals surface area (Å²) in [5.74, 6) is 0.340. The zero-order valence-electron chi connectivity index (χ0n) is 13.7. The van der Waals surface area contributed by atoms with Crippen LogP contribution in [0.5, 0.6) is 5.75 Å². The van der Waals surface area contributed by atoms with Crippen molar-refractivity contribution in [2.45, 2.75) is 0 Å². The van der Waals surface area contributed by atoms with Gasteiger partial charge in [-0.1, -0.05) is 29.3 Å². The molecule has 0 unspecified atom stereocenters. The van der Waals surface area contributed by atoms with E-state index in [0.717, 1.165) is 16.9 Å². The minimum atomic E-state index is -0.409. The number of H-pyrrole nitrogens is 1. The van der Waals surface area contributed by atoms with Crippen molar-refractivity contribution in [2.75, 3.05) is 7.11 Å². The van der Waals surface area contributed by atoms with Gasteiger partial charge in [-0.05, 0) is 48.0 Å². The molecule has 8 heteroatoms. The van der Waals surface area contributed by atoms with Crippen LogP contribution in [0.25, 0.3) is 11.3 Å². The predicted molar refractivity (Wildman–Crippen MR) is 102 cm³/mol. The number of rotatable bonds is 5. The molecule has 0 spiro atoms. The van der Waals surface area contributed by atoms with Gasteiger partial charge in [-0.3, -0.25) is 9.89 Å². The topological polar surface area (TPSA) is 79.4 Å². The Morgan fingerprint density at radius 2 is 1.92 bits per heavy atom. The minimum Gasteiger partial charge on any atom is -0.497 e. The van der Waals surface area contributed by atoms with E-state index in [1.807, 2.05) is 24.3 Å². The van der Waals surface area contributed by atoms with Gasteiger partial charge in [-0.25, -0.2) is 5.43 Å². The Hall–Kier alpha value is -2.83. The molecule has 0 saturated heterocycles. The molecule has 1 aromatic heterocycles. The Morgan fingerprint density at radius 1 is 1.15 bits per heavy atom. The van der Waals surface area contributed by atoms with E-state index < -0.39 is 5.91 Å². The third-order valence-corrected chi connectivity index (χ3v) is 4.27. The summed E-state index contributed by atoms with van der Waals surface area (Å²) in [5, 5.41) is 11.6. The van der Waals surface area contributed by atoms with Crippen LogP contribution in [-0.4, -0.2) is 29.4 Å². The number of aromatic amines is 1. The second kappa shape index (κ2) is 8.03. The van der Waals surface area contributed by atoms with E-state index in [4.69, 9.17) is 27.9 Å². The number of hydrogen-bond donors (Lipinski definition) is 2. The van der Waals surface area contributed by atoms with Crippen molar-refractivity contribution in [3.63, 3.8) is 0 Å². The van der Waals surface area contributed by atoms with Gasteiger partial charge in [0.15, 0.2) is 0 Å². The summed E-state index contributed by atoms with van der Waals surface area (Å²) in [4.78, 5) is 12.1. The number of ether oxygens (including phenoxy) is 1. The lowest BCUT2D eigenvalue weighted by Crippen LogP contribution is -2.17. The average Bonchev–Trinajstić information content (AvgIpc) is 3.15. The quantitative estimate of drug-likeness (QED) is 0.508. The van der Waals surface area contributed by atoms with Gasteiger partial charge in [-0.15, -0.1) is 0 Å². The minimum absolute atomic E-state index is 0.276. The Kier molecular flexibility index (Phi) is 5.55. The monoisotopic (exact) mass is 388 g/mol. The number of benzene rings is 2. The Bertz CT molecular complexity index is 952. The summed E-state index contributed by atoms with van der Waals surface area (Å²) in [6.45, 7) is 0. The molecule has 6 nitrogen and oxygen atoms in total. The highest BCUT2D eigenvalue weighted by Crippen LogP contribution is 2.27. The zero-order chi connectivity index (χ0) is 18.5. The average molecular weight is 389 g/mol. The van der Waals surface area contributed by atoms with Crippen LogP contribution in [0.4, 0.5) is 0 Å². The lowest BCUT2D eigenvalue weighted by molar-refractivity contribution is 0.0950. The molecule has 0 saturated carbocycles. The van der Waals surface area contributed by atoms with Crippen molar-refractivity contribution in [3.8, 4) is 17.0 Å². The van der Waals surface area contributed by atoms with Gasteiger partial charge in [0, 0.05) is 5.56 Å². The largest absolute Gasteiger partial charge is 0.497 e. The molecule has 1 heterocycles. The summed E-state index contributed by atoms with van der Waals surface area (Å²) in [6, 6.07) is 14.0. The molecular formula is C18H14Cl2N4O2. The van der Waals surface area contributed by atoms with Crippen LogP contribution in [0.2, 0.25) is 10.0 Å². The molecule has 0 aliphatic rings. The van der Waals surface area contributed by atoms with Crippen molar-refractivity contribution < 1.29 is 9.53 Å². The number of carbonyl (C=O) groups is 1. The molecule has 0 bridgehead atoms. The summed E-state index contributed by atoms with van der Waals surface area (Å²) < 4.78 is 5.08. The molecule has 0 atom stereocenters. The Balaban J connectivity index is 1.65. The van der Waals surface area contributed by atoms with Crippen molar-refractivity contribution in [1.29, 1.82) is 0 Å². The van der Waals surface area contributed by atoms with E-state index in [9.17, 15) is 4.79 Å². The van der Waals surface area contributed by atoms with Gasteiger partial charge in [0.25, 0.3) is 5.91 Å². The number of carbonyl (C=O) groups excluding carboxylic acids is 1. The molecule has 0 radical (unpaired) electrons. The summed E-state index contributed by atoms with van der Waals surface area (Å²) in [5.41, 5.74) is 4.87. The zero-order valence-corrected chi connectivity index (χ0v) is 15.2. The molecular weight excluding hydrogens is 375 g/mol. The van der Waals surface area contributed by atoms with Crippen LogP contribution in [0.15, 0.2) is 53.6 Å². The van der Waals surface area contributed by atoms with E-state index in [0.29, 0.717) is 15.7 Å². The first-order valence-corrected chi connectivity index (χ1v) is 8.30. The second-order valence-corrected chi connectivity index (χ2v) is 6.08. The molecule has 0 aliphatic heterocycles. The highest BCUT2D eigenvalue weighted by atomic mass is 35.5. The number of hydrogen-bond acceptors (Lipinski definition) is 4. The molecule has 26 heavy (non-hydrogen) atoms.